The number of aldehydes is 1. The van der Waals surface area contributed by atoms with E-state index in [1.165, 1.54) is 0 Å². The second-order valence-corrected chi connectivity index (χ2v) is 3.57. The third-order valence-corrected chi connectivity index (χ3v) is 2.02. The third kappa shape index (κ3) is 5.81. The SMILES string of the molecule is O=CCCc1cc(OC(F)(F)F)ccc1OC(F)(F)F. The summed E-state index contributed by atoms with van der Waals surface area (Å²) >= 11 is 0. The number of carbonyl (C=O) groups is 1. The minimum absolute atomic E-state index is 0.163. The molecule has 0 saturated heterocycles. The van der Waals surface area contributed by atoms with Gasteiger partial charge in [-0.15, -0.1) is 26.3 Å². The van der Waals surface area contributed by atoms with Gasteiger partial charge in [0.15, 0.2) is 0 Å². The van der Waals surface area contributed by atoms with Gasteiger partial charge in [0.25, 0.3) is 0 Å². The number of hydrogen-bond donors (Lipinski definition) is 0. The number of benzene rings is 1. The van der Waals surface area contributed by atoms with Crippen molar-refractivity contribution in [2.75, 3.05) is 0 Å². The van der Waals surface area contributed by atoms with Crippen molar-refractivity contribution in [1.82, 2.24) is 0 Å². The number of alkyl halides is 6. The minimum Gasteiger partial charge on any atom is -0.406 e. The van der Waals surface area contributed by atoms with Crippen LogP contribution in [0.3, 0.4) is 0 Å². The number of ether oxygens (including phenoxy) is 2. The maximum Gasteiger partial charge on any atom is 0.573 e. The van der Waals surface area contributed by atoms with Crippen molar-refractivity contribution in [1.29, 1.82) is 0 Å². The minimum atomic E-state index is -4.98. The maximum absolute atomic E-state index is 12.1. The summed E-state index contributed by atoms with van der Waals surface area (Å²) in [4.78, 5) is 10.2. The smallest absolute Gasteiger partial charge is 0.406 e. The van der Waals surface area contributed by atoms with Gasteiger partial charge >= 0.3 is 12.7 Å². The molecule has 0 fully saturated rings. The Morgan fingerprint density at radius 1 is 1.00 bits per heavy atom. The summed E-state index contributed by atoms with van der Waals surface area (Å²) in [6, 6.07) is 2.14. The van der Waals surface area contributed by atoms with Crippen LogP contribution in [0.1, 0.15) is 12.0 Å². The van der Waals surface area contributed by atoms with Gasteiger partial charge in [-0.05, 0) is 30.2 Å². The molecule has 0 aliphatic carbocycles. The first-order valence-corrected chi connectivity index (χ1v) is 5.19. The Morgan fingerprint density at radius 3 is 2.10 bits per heavy atom. The molecule has 0 spiro atoms. The zero-order valence-electron chi connectivity index (χ0n) is 9.72. The van der Waals surface area contributed by atoms with Crippen LogP contribution in [0.2, 0.25) is 0 Å². The summed E-state index contributed by atoms with van der Waals surface area (Å²) < 4.78 is 79.6. The van der Waals surface area contributed by atoms with Crippen molar-refractivity contribution < 1.29 is 40.6 Å². The van der Waals surface area contributed by atoms with E-state index in [4.69, 9.17) is 0 Å². The monoisotopic (exact) mass is 302 g/mol. The summed E-state index contributed by atoms with van der Waals surface area (Å²) in [5.41, 5.74) is -0.212. The van der Waals surface area contributed by atoms with Crippen molar-refractivity contribution in [3.05, 3.63) is 23.8 Å². The van der Waals surface area contributed by atoms with Gasteiger partial charge < -0.3 is 14.3 Å². The molecule has 9 heteroatoms. The molecule has 0 aliphatic rings. The van der Waals surface area contributed by atoms with Crippen LogP contribution in [-0.4, -0.2) is 19.0 Å². The molecular weight excluding hydrogens is 294 g/mol. The zero-order valence-corrected chi connectivity index (χ0v) is 9.72. The Hall–Kier alpha value is -1.93. The van der Waals surface area contributed by atoms with Crippen molar-refractivity contribution in [3.63, 3.8) is 0 Å². The van der Waals surface area contributed by atoms with Gasteiger partial charge in [-0.1, -0.05) is 0 Å². The van der Waals surface area contributed by atoms with Crippen LogP contribution in [-0.2, 0) is 11.2 Å². The fraction of sp³-hybridized carbons (Fsp3) is 0.364. The summed E-state index contributed by atoms with van der Waals surface area (Å²) in [6.07, 6.45) is -9.89. The van der Waals surface area contributed by atoms with Crippen LogP contribution in [0, 0.1) is 0 Å². The third-order valence-electron chi connectivity index (χ3n) is 2.02. The maximum atomic E-state index is 12.1. The Balaban J connectivity index is 3.02. The lowest BCUT2D eigenvalue weighted by Crippen LogP contribution is -2.19. The molecule has 1 aromatic rings. The standard InChI is InChI=1S/C11H8F6O3/c12-10(13,14)19-8-3-4-9(20-11(15,16)17)7(6-8)2-1-5-18/h3-6H,1-2H2. The van der Waals surface area contributed by atoms with E-state index in [-0.39, 0.29) is 18.4 Å². The van der Waals surface area contributed by atoms with Gasteiger partial charge in [0.1, 0.15) is 17.8 Å². The Kier molecular flexibility index (Phi) is 4.85. The molecule has 1 rings (SSSR count). The highest BCUT2D eigenvalue weighted by Gasteiger charge is 2.33. The lowest BCUT2D eigenvalue weighted by Gasteiger charge is -2.15. The molecule has 0 radical (unpaired) electrons. The van der Waals surface area contributed by atoms with Gasteiger partial charge in [0, 0.05) is 6.42 Å². The second-order valence-electron chi connectivity index (χ2n) is 3.57. The van der Waals surface area contributed by atoms with Crippen molar-refractivity contribution >= 4 is 6.29 Å². The van der Waals surface area contributed by atoms with Gasteiger partial charge in [-0.2, -0.15) is 0 Å². The zero-order chi connectivity index (χ0) is 15.4. The lowest BCUT2D eigenvalue weighted by molar-refractivity contribution is -0.277. The fourth-order valence-corrected chi connectivity index (χ4v) is 1.39. The topological polar surface area (TPSA) is 35.5 Å². The molecule has 0 unspecified atom stereocenters. The first-order valence-electron chi connectivity index (χ1n) is 5.19. The highest BCUT2D eigenvalue weighted by molar-refractivity contribution is 5.51. The van der Waals surface area contributed by atoms with Crippen LogP contribution < -0.4 is 9.47 Å². The number of halogens is 6. The Bertz CT molecular complexity index is 466. The molecular formula is C11H8F6O3. The van der Waals surface area contributed by atoms with E-state index in [2.05, 4.69) is 9.47 Å². The second kappa shape index (κ2) is 6.02. The number of carbonyl (C=O) groups excluding carboxylic acids is 1. The average molecular weight is 302 g/mol. The first-order chi connectivity index (χ1) is 9.11. The highest BCUT2D eigenvalue weighted by atomic mass is 19.4. The number of aryl methyl sites for hydroxylation is 1. The fourth-order valence-electron chi connectivity index (χ4n) is 1.39. The van der Waals surface area contributed by atoms with Crippen molar-refractivity contribution in [2.45, 2.75) is 25.6 Å². The summed E-state index contributed by atoms with van der Waals surface area (Å²) in [6.45, 7) is 0. The van der Waals surface area contributed by atoms with Crippen LogP contribution in [0.4, 0.5) is 26.3 Å². The van der Waals surface area contributed by atoms with E-state index < -0.39 is 24.2 Å². The molecule has 0 atom stereocenters. The van der Waals surface area contributed by atoms with Gasteiger partial charge in [0.2, 0.25) is 0 Å². The largest absolute Gasteiger partial charge is 0.573 e. The molecule has 0 saturated carbocycles. The van der Waals surface area contributed by atoms with Crippen LogP contribution in [0.15, 0.2) is 18.2 Å². The first kappa shape index (κ1) is 16.1. The molecule has 20 heavy (non-hydrogen) atoms. The van der Waals surface area contributed by atoms with Crippen LogP contribution in [0.25, 0.3) is 0 Å². The predicted octanol–water partition coefficient (Wildman–Crippen LogP) is 3.62. The average Bonchev–Trinajstić information content (AvgIpc) is 2.25. The van der Waals surface area contributed by atoms with E-state index in [9.17, 15) is 31.1 Å². The Labute approximate surface area is 109 Å². The van der Waals surface area contributed by atoms with E-state index in [1.807, 2.05) is 0 Å². The summed E-state index contributed by atoms with van der Waals surface area (Å²) in [5.74, 6) is -1.36. The number of hydrogen-bond acceptors (Lipinski definition) is 3. The molecule has 3 nitrogen and oxygen atoms in total. The van der Waals surface area contributed by atoms with E-state index in [0.717, 1.165) is 6.07 Å². The molecule has 0 N–H and O–H groups in total. The normalized spacial score (nSPS) is 12.1. The molecule has 0 aromatic heterocycles. The lowest BCUT2D eigenvalue weighted by atomic mass is 10.1. The highest BCUT2D eigenvalue weighted by Crippen LogP contribution is 2.32. The molecule has 112 valence electrons. The van der Waals surface area contributed by atoms with Crippen LogP contribution in [0.5, 0.6) is 11.5 Å². The predicted molar refractivity (Wildman–Crippen MR) is 54.2 cm³/mol. The summed E-state index contributed by atoms with van der Waals surface area (Å²) in [7, 11) is 0. The van der Waals surface area contributed by atoms with E-state index in [1.54, 1.807) is 0 Å². The van der Waals surface area contributed by atoms with Gasteiger partial charge in [0.05, 0.1) is 0 Å². The van der Waals surface area contributed by atoms with E-state index >= 15 is 0 Å². The molecule has 0 aliphatic heterocycles. The van der Waals surface area contributed by atoms with E-state index in [0.29, 0.717) is 18.4 Å². The molecule has 0 amide bonds. The number of rotatable bonds is 5. The van der Waals surface area contributed by atoms with Crippen LogP contribution >= 0.6 is 0 Å². The van der Waals surface area contributed by atoms with Crippen molar-refractivity contribution in [2.24, 2.45) is 0 Å². The quantitative estimate of drug-likeness (QED) is 0.615. The van der Waals surface area contributed by atoms with Gasteiger partial charge in [-0.3, -0.25) is 0 Å². The van der Waals surface area contributed by atoms with Gasteiger partial charge in [-0.25, -0.2) is 0 Å². The summed E-state index contributed by atoms with van der Waals surface area (Å²) in [5, 5.41) is 0. The Morgan fingerprint density at radius 2 is 1.60 bits per heavy atom. The molecule has 1 aromatic carbocycles. The van der Waals surface area contributed by atoms with Crippen molar-refractivity contribution in [3.8, 4) is 11.5 Å². The molecule has 0 bridgehead atoms. The molecule has 0 heterocycles.